The Bertz CT molecular complexity index is 1170. The number of carbonyl (C=O) groups is 1. The second kappa shape index (κ2) is 9.18. The van der Waals surface area contributed by atoms with Gasteiger partial charge in [0.1, 0.15) is 0 Å². The molecule has 0 aliphatic rings. The van der Waals surface area contributed by atoms with Gasteiger partial charge in [0.15, 0.2) is 12.4 Å². The lowest BCUT2D eigenvalue weighted by Crippen LogP contribution is -2.25. The van der Waals surface area contributed by atoms with E-state index in [0.29, 0.717) is 15.9 Å². The molecule has 11 heteroatoms. The van der Waals surface area contributed by atoms with Crippen molar-refractivity contribution in [2.75, 3.05) is 6.61 Å². The summed E-state index contributed by atoms with van der Waals surface area (Å²) < 4.78 is 7.09. The number of amides is 1. The van der Waals surface area contributed by atoms with Crippen LogP contribution in [0.15, 0.2) is 62.9 Å². The van der Waals surface area contributed by atoms with Gasteiger partial charge in [-0.05, 0) is 31.2 Å². The third-order valence-electron chi connectivity index (χ3n) is 3.99. The number of aromatic amines is 1. The Balaban J connectivity index is 1.64. The van der Waals surface area contributed by atoms with Crippen molar-refractivity contribution in [3.05, 3.63) is 84.7 Å². The number of nitro benzene ring substituents is 1. The first-order valence-electron chi connectivity index (χ1n) is 8.62. The monoisotopic (exact) mass is 473 g/mol. The summed E-state index contributed by atoms with van der Waals surface area (Å²) in [6.45, 7) is 1.22. The maximum atomic E-state index is 12.5. The number of aryl methyl sites for hydroxylation is 1. The Morgan fingerprint density at radius 2 is 2.07 bits per heavy atom. The van der Waals surface area contributed by atoms with Crippen LogP contribution >= 0.6 is 15.9 Å². The summed E-state index contributed by atoms with van der Waals surface area (Å²) in [7, 11) is 0. The zero-order chi connectivity index (χ0) is 21.7. The van der Waals surface area contributed by atoms with Crippen molar-refractivity contribution in [2.24, 2.45) is 5.10 Å². The lowest BCUT2D eigenvalue weighted by Gasteiger charge is -2.05. The topological polar surface area (TPSA) is 132 Å². The maximum absolute atomic E-state index is 12.5. The summed E-state index contributed by atoms with van der Waals surface area (Å²) in [5.41, 5.74) is 3.15. The number of hydrogen-bond donors (Lipinski definition) is 2. The first-order valence-corrected chi connectivity index (χ1v) is 9.42. The highest BCUT2D eigenvalue weighted by Gasteiger charge is 2.16. The van der Waals surface area contributed by atoms with Crippen LogP contribution < -0.4 is 15.7 Å². The van der Waals surface area contributed by atoms with E-state index in [4.69, 9.17) is 4.74 Å². The lowest BCUT2D eigenvalue weighted by atomic mass is 10.3. The molecule has 154 valence electrons. The molecule has 0 atom stereocenters. The van der Waals surface area contributed by atoms with Crippen molar-refractivity contribution < 1.29 is 14.5 Å². The number of aromatic nitrogens is 2. The number of carbonyl (C=O) groups excluding carboxylic acids is 1. The van der Waals surface area contributed by atoms with E-state index in [-0.39, 0.29) is 22.6 Å². The molecule has 3 aromatic rings. The van der Waals surface area contributed by atoms with Crippen LogP contribution in [0.25, 0.3) is 5.69 Å². The third kappa shape index (κ3) is 4.81. The van der Waals surface area contributed by atoms with E-state index < -0.39 is 17.4 Å². The van der Waals surface area contributed by atoms with Crippen LogP contribution in [-0.4, -0.2) is 33.4 Å². The second-order valence-electron chi connectivity index (χ2n) is 6.08. The minimum absolute atomic E-state index is 0.0467. The van der Waals surface area contributed by atoms with Crippen molar-refractivity contribution in [1.82, 2.24) is 15.2 Å². The number of hydrazone groups is 1. The first-order chi connectivity index (χ1) is 14.4. The van der Waals surface area contributed by atoms with E-state index in [2.05, 4.69) is 31.6 Å². The van der Waals surface area contributed by atoms with Crippen LogP contribution in [0, 0.1) is 17.0 Å². The van der Waals surface area contributed by atoms with Gasteiger partial charge in [0.25, 0.3) is 11.5 Å². The maximum Gasteiger partial charge on any atom is 0.312 e. The predicted octanol–water partition coefficient (Wildman–Crippen LogP) is 2.67. The van der Waals surface area contributed by atoms with Crippen LogP contribution in [0.4, 0.5) is 5.69 Å². The molecule has 0 saturated heterocycles. The number of rotatable bonds is 7. The van der Waals surface area contributed by atoms with Crippen molar-refractivity contribution in [1.29, 1.82) is 0 Å². The molecule has 0 radical (unpaired) electrons. The standard InChI is InChI=1S/C19H16BrN5O5/c1-12-15(19(27)24(23-12)14-5-3-2-4-6-14)10-21-22-18(26)11-30-17-8-7-13(20)9-16(17)25(28)29/h2-10,23H,11H2,1H3,(H,22,26)/b21-10-. The molecule has 1 amide bonds. The molecule has 1 heterocycles. The van der Waals surface area contributed by atoms with E-state index in [0.717, 1.165) is 0 Å². The van der Waals surface area contributed by atoms with Gasteiger partial charge in [-0.1, -0.05) is 34.1 Å². The average Bonchev–Trinajstić information content (AvgIpc) is 3.01. The number of halogens is 1. The summed E-state index contributed by atoms with van der Waals surface area (Å²) >= 11 is 3.14. The Labute approximate surface area is 178 Å². The zero-order valence-electron chi connectivity index (χ0n) is 15.7. The van der Waals surface area contributed by atoms with Gasteiger partial charge in [0, 0.05) is 16.2 Å². The van der Waals surface area contributed by atoms with E-state index in [1.807, 2.05) is 18.2 Å². The SMILES string of the molecule is Cc1[nH]n(-c2ccccc2)c(=O)c1/C=N\NC(=O)COc1ccc(Br)cc1[N+](=O)[O-]. The molecule has 2 N–H and O–H groups in total. The molecule has 0 aliphatic heterocycles. The second-order valence-corrected chi connectivity index (χ2v) is 6.99. The molecule has 30 heavy (non-hydrogen) atoms. The first kappa shape index (κ1) is 21.0. The van der Waals surface area contributed by atoms with Gasteiger partial charge < -0.3 is 4.74 Å². The lowest BCUT2D eigenvalue weighted by molar-refractivity contribution is -0.385. The Kier molecular flexibility index (Phi) is 6.42. The van der Waals surface area contributed by atoms with Gasteiger partial charge in [-0.15, -0.1) is 0 Å². The van der Waals surface area contributed by atoms with Crippen molar-refractivity contribution in [3.8, 4) is 11.4 Å². The molecule has 0 unspecified atom stereocenters. The number of H-pyrrole nitrogens is 1. The largest absolute Gasteiger partial charge is 0.477 e. The summed E-state index contributed by atoms with van der Waals surface area (Å²) in [5.74, 6) is -0.686. The minimum atomic E-state index is -0.639. The fraction of sp³-hybridized carbons (Fsp3) is 0.105. The molecular formula is C19H16BrN5O5. The van der Waals surface area contributed by atoms with Crippen molar-refractivity contribution >= 4 is 33.7 Å². The zero-order valence-corrected chi connectivity index (χ0v) is 17.3. The smallest absolute Gasteiger partial charge is 0.312 e. The summed E-state index contributed by atoms with van der Waals surface area (Å²) in [6, 6.07) is 13.2. The van der Waals surface area contributed by atoms with Gasteiger partial charge in [0.05, 0.1) is 22.4 Å². The molecular weight excluding hydrogens is 458 g/mol. The highest BCUT2D eigenvalue weighted by molar-refractivity contribution is 9.10. The predicted molar refractivity (Wildman–Crippen MR) is 113 cm³/mol. The fourth-order valence-electron chi connectivity index (χ4n) is 2.57. The quantitative estimate of drug-likeness (QED) is 0.309. The molecule has 10 nitrogen and oxygen atoms in total. The van der Waals surface area contributed by atoms with E-state index in [1.54, 1.807) is 25.1 Å². The fourth-order valence-corrected chi connectivity index (χ4v) is 2.92. The molecule has 1 aromatic heterocycles. The molecule has 0 fully saturated rings. The number of nitrogens with zero attached hydrogens (tertiary/aromatic N) is 3. The van der Waals surface area contributed by atoms with Crippen LogP contribution in [-0.2, 0) is 4.79 Å². The summed E-state index contributed by atoms with van der Waals surface area (Å²) in [5, 5.41) is 17.8. The van der Waals surface area contributed by atoms with E-state index >= 15 is 0 Å². The minimum Gasteiger partial charge on any atom is -0.477 e. The Hall–Kier alpha value is -3.73. The van der Waals surface area contributed by atoms with Gasteiger partial charge in [-0.25, -0.2) is 10.1 Å². The van der Waals surface area contributed by atoms with Crippen LogP contribution in [0.1, 0.15) is 11.3 Å². The summed E-state index contributed by atoms with van der Waals surface area (Å²) in [6.07, 6.45) is 1.23. The van der Waals surface area contributed by atoms with Gasteiger partial charge in [-0.3, -0.25) is 24.8 Å². The van der Waals surface area contributed by atoms with Crippen LogP contribution in [0.3, 0.4) is 0 Å². The summed E-state index contributed by atoms with van der Waals surface area (Å²) in [4.78, 5) is 34.9. The van der Waals surface area contributed by atoms with E-state index in [1.165, 1.54) is 23.0 Å². The Morgan fingerprint density at radius 3 is 2.77 bits per heavy atom. The highest BCUT2D eigenvalue weighted by Crippen LogP contribution is 2.29. The number of nitrogens with one attached hydrogen (secondary N) is 2. The van der Waals surface area contributed by atoms with Crippen molar-refractivity contribution in [2.45, 2.75) is 6.92 Å². The number of benzene rings is 2. The van der Waals surface area contributed by atoms with Gasteiger partial charge in [0.2, 0.25) is 0 Å². The number of ether oxygens (including phenoxy) is 1. The van der Waals surface area contributed by atoms with Crippen LogP contribution in [0.5, 0.6) is 5.75 Å². The molecule has 0 aliphatic carbocycles. The van der Waals surface area contributed by atoms with Gasteiger partial charge >= 0.3 is 5.69 Å². The van der Waals surface area contributed by atoms with E-state index in [9.17, 15) is 19.7 Å². The molecule has 0 spiro atoms. The number of hydrogen-bond acceptors (Lipinski definition) is 6. The normalized spacial score (nSPS) is 10.9. The molecule has 2 aromatic carbocycles. The highest BCUT2D eigenvalue weighted by atomic mass is 79.9. The number of nitro groups is 1. The number of para-hydroxylation sites is 1. The molecule has 0 saturated carbocycles. The molecule has 3 rings (SSSR count). The molecule has 0 bridgehead atoms. The van der Waals surface area contributed by atoms with Crippen molar-refractivity contribution in [3.63, 3.8) is 0 Å². The average molecular weight is 474 g/mol. The van der Waals surface area contributed by atoms with Crippen LogP contribution in [0.2, 0.25) is 0 Å². The Morgan fingerprint density at radius 1 is 1.33 bits per heavy atom. The van der Waals surface area contributed by atoms with Gasteiger partial charge in [-0.2, -0.15) is 5.10 Å². The third-order valence-corrected chi connectivity index (χ3v) is 4.48.